The summed E-state index contributed by atoms with van der Waals surface area (Å²) < 4.78 is 7.24. The lowest BCUT2D eigenvalue weighted by Crippen LogP contribution is -2.14. The molecule has 1 aromatic heterocycles. The predicted molar refractivity (Wildman–Crippen MR) is 111 cm³/mol. The maximum Gasteiger partial charge on any atom is 0.234 e. The summed E-state index contributed by atoms with van der Waals surface area (Å²) >= 11 is 1.43. The molecule has 0 aliphatic carbocycles. The van der Waals surface area contributed by atoms with Crippen LogP contribution < -0.4 is 10.1 Å². The first kappa shape index (κ1) is 21.3. The highest BCUT2D eigenvalue weighted by Gasteiger charge is 2.13. The number of hydrogen-bond acceptors (Lipinski definition) is 5. The van der Waals surface area contributed by atoms with Gasteiger partial charge in [0.15, 0.2) is 5.16 Å². The van der Waals surface area contributed by atoms with Crippen molar-refractivity contribution >= 4 is 23.4 Å². The summed E-state index contributed by atoms with van der Waals surface area (Å²) in [5.74, 6) is 2.03. The molecule has 1 amide bonds. The van der Waals surface area contributed by atoms with Crippen LogP contribution in [0.4, 0.5) is 5.69 Å². The van der Waals surface area contributed by atoms with Crippen molar-refractivity contribution in [3.05, 3.63) is 30.1 Å². The van der Waals surface area contributed by atoms with Gasteiger partial charge in [0.1, 0.15) is 11.6 Å². The third-order valence-corrected chi connectivity index (χ3v) is 5.29. The topological polar surface area (TPSA) is 69.0 Å². The van der Waals surface area contributed by atoms with Crippen molar-refractivity contribution in [3.8, 4) is 5.75 Å². The number of carbonyl (C=O) groups excluding carboxylic acids is 1. The van der Waals surface area contributed by atoms with E-state index in [0.717, 1.165) is 41.8 Å². The zero-order valence-corrected chi connectivity index (χ0v) is 17.3. The molecule has 0 spiro atoms. The number of hydrogen-bond donors (Lipinski definition) is 1. The Morgan fingerprint density at radius 1 is 1.11 bits per heavy atom. The van der Waals surface area contributed by atoms with E-state index in [1.807, 2.05) is 24.3 Å². The molecule has 0 bridgehead atoms. The van der Waals surface area contributed by atoms with Crippen LogP contribution in [0.1, 0.15) is 51.8 Å². The standard InChI is InChI=1S/C20H30N4O2S/c1-4-6-7-8-9-10-18-22-23-20(24(18)5-2)27-15-19(25)21-16-11-13-17(26-3)14-12-16/h11-14H,4-10,15H2,1-3H3,(H,21,25). The van der Waals surface area contributed by atoms with E-state index in [9.17, 15) is 4.79 Å². The van der Waals surface area contributed by atoms with E-state index >= 15 is 0 Å². The Morgan fingerprint density at radius 2 is 1.85 bits per heavy atom. The molecule has 2 aromatic rings. The van der Waals surface area contributed by atoms with E-state index < -0.39 is 0 Å². The smallest absolute Gasteiger partial charge is 0.234 e. The van der Waals surface area contributed by atoms with Gasteiger partial charge in [0.25, 0.3) is 0 Å². The van der Waals surface area contributed by atoms with E-state index in [1.54, 1.807) is 7.11 Å². The molecule has 0 radical (unpaired) electrons. The number of methoxy groups -OCH3 is 1. The fraction of sp³-hybridized carbons (Fsp3) is 0.550. The number of thioether (sulfide) groups is 1. The number of benzene rings is 1. The van der Waals surface area contributed by atoms with Gasteiger partial charge in [-0.3, -0.25) is 4.79 Å². The largest absolute Gasteiger partial charge is 0.497 e. The number of ether oxygens (including phenoxy) is 1. The molecule has 0 aliphatic rings. The highest BCUT2D eigenvalue weighted by atomic mass is 32.2. The van der Waals surface area contributed by atoms with Crippen molar-refractivity contribution in [1.82, 2.24) is 14.8 Å². The lowest BCUT2D eigenvalue weighted by atomic mass is 10.1. The average molecular weight is 391 g/mol. The van der Waals surface area contributed by atoms with E-state index in [0.29, 0.717) is 5.75 Å². The maximum atomic E-state index is 12.2. The SMILES string of the molecule is CCCCCCCc1nnc(SCC(=O)Nc2ccc(OC)cc2)n1CC. The van der Waals surface area contributed by atoms with Crippen molar-refractivity contribution in [2.24, 2.45) is 0 Å². The van der Waals surface area contributed by atoms with Gasteiger partial charge in [-0.05, 0) is 37.6 Å². The Morgan fingerprint density at radius 3 is 2.52 bits per heavy atom. The second-order valence-corrected chi connectivity index (χ2v) is 7.32. The molecule has 1 heterocycles. The van der Waals surface area contributed by atoms with Gasteiger partial charge in [-0.2, -0.15) is 0 Å². The van der Waals surface area contributed by atoms with Crippen molar-refractivity contribution in [3.63, 3.8) is 0 Å². The molecule has 7 heteroatoms. The minimum Gasteiger partial charge on any atom is -0.497 e. The number of nitrogens with zero attached hydrogens (tertiary/aromatic N) is 3. The minimum atomic E-state index is -0.0584. The van der Waals surface area contributed by atoms with Crippen molar-refractivity contribution in [1.29, 1.82) is 0 Å². The third kappa shape index (κ3) is 6.90. The van der Waals surface area contributed by atoms with Crippen LogP contribution >= 0.6 is 11.8 Å². The number of aromatic nitrogens is 3. The lowest BCUT2D eigenvalue weighted by molar-refractivity contribution is -0.113. The first-order valence-corrected chi connectivity index (χ1v) is 10.6. The molecular formula is C20H30N4O2S. The molecule has 27 heavy (non-hydrogen) atoms. The van der Waals surface area contributed by atoms with Crippen LogP contribution in [-0.2, 0) is 17.8 Å². The van der Waals surface area contributed by atoms with E-state index in [2.05, 4.69) is 33.9 Å². The number of carbonyl (C=O) groups is 1. The van der Waals surface area contributed by atoms with E-state index in [1.165, 1.54) is 37.4 Å². The van der Waals surface area contributed by atoms with Gasteiger partial charge in [-0.25, -0.2) is 0 Å². The molecule has 0 saturated carbocycles. The van der Waals surface area contributed by atoms with Crippen LogP contribution in [0.25, 0.3) is 0 Å². The van der Waals surface area contributed by atoms with Crippen molar-refractivity contribution in [2.45, 2.75) is 64.1 Å². The Labute approximate surface area is 166 Å². The number of nitrogens with one attached hydrogen (secondary N) is 1. The minimum absolute atomic E-state index is 0.0584. The molecule has 0 fully saturated rings. The average Bonchev–Trinajstić information content (AvgIpc) is 3.08. The van der Waals surface area contributed by atoms with Gasteiger partial charge in [-0.15, -0.1) is 10.2 Å². The predicted octanol–water partition coefficient (Wildman–Crippen LogP) is 4.55. The van der Waals surface area contributed by atoms with E-state index in [-0.39, 0.29) is 5.91 Å². The van der Waals surface area contributed by atoms with Crippen LogP contribution in [0.3, 0.4) is 0 Å². The molecule has 1 N–H and O–H groups in total. The fourth-order valence-electron chi connectivity index (χ4n) is 2.82. The Kier molecular flexibility index (Phi) is 9.18. The van der Waals surface area contributed by atoms with Gasteiger partial charge in [-0.1, -0.05) is 44.4 Å². The second kappa shape index (κ2) is 11.6. The Balaban J connectivity index is 1.82. The Hall–Kier alpha value is -2.02. The summed E-state index contributed by atoms with van der Waals surface area (Å²) in [7, 11) is 1.62. The molecule has 1 aromatic carbocycles. The molecule has 0 atom stereocenters. The summed E-state index contributed by atoms with van der Waals surface area (Å²) in [6, 6.07) is 7.30. The van der Waals surface area contributed by atoms with Crippen LogP contribution in [0.15, 0.2) is 29.4 Å². The van der Waals surface area contributed by atoms with Crippen LogP contribution in [-0.4, -0.2) is 33.5 Å². The normalized spacial score (nSPS) is 10.8. The van der Waals surface area contributed by atoms with Crippen LogP contribution in [0.2, 0.25) is 0 Å². The highest BCUT2D eigenvalue weighted by molar-refractivity contribution is 7.99. The Bertz CT molecular complexity index is 701. The number of unbranched alkanes of at least 4 members (excludes halogenated alkanes) is 4. The second-order valence-electron chi connectivity index (χ2n) is 6.37. The quantitative estimate of drug-likeness (QED) is 0.425. The molecule has 2 rings (SSSR count). The monoisotopic (exact) mass is 390 g/mol. The number of amides is 1. The molecular weight excluding hydrogens is 360 g/mol. The number of aryl methyl sites for hydroxylation is 1. The van der Waals surface area contributed by atoms with Gasteiger partial charge < -0.3 is 14.6 Å². The summed E-state index contributed by atoms with van der Waals surface area (Å²) in [5, 5.41) is 12.3. The summed E-state index contributed by atoms with van der Waals surface area (Å²) in [6.07, 6.45) is 7.15. The van der Waals surface area contributed by atoms with Gasteiger partial charge in [0.05, 0.1) is 12.9 Å². The number of rotatable bonds is 12. The summed E-state index contributed by atoms with van der Waals surface area (Å²) in [4.78, 5) is 12.2. The number of anilines is 1. The summed E-state index contributed by atoms with van der Waals surface area (Å²) in [6.45, 7) is 5.13. The lowest BCUT2D eigenvalue weighted by Gasteiger charge is -2.08. The third-order valence-electron chi connectivity index (χ3n) is 4.32. The van der Waals surface area contributed by atoms with Crippen LogP contribution in [0.5, 0.6) is 5.75 Å². The van der Waals surface area contributed by atoms with E-state index in [4.69, 9.17) is 4.74 Å². The molecule has 0 saturated heterocycles. The van der Waals surface area contributed by atoms with Gasteiger partial charge in [0, 0.05) is 18.7 Å². The zero-order valence-electron chi connectivity index (χ0n) is 16.5. The van der Waals surface area contributed by atoms with Crippen molar-refractivity contribution < 1.29 is 9.53 Å². The molecule has 0 unspecified atom stereocenters. The zero-order chi connectivity index (χ0) is 19.5. The maximum absolute atomic E-state index is 12.2. The first-order valence-electron chi connectivity index (χ1n) is 9.66. The van der Waals surface area contributed by atoms with Gasteiger partial charge >= 0.3 is 0 Å². The van der Waals surface area contributed by atoms with Gasteiger partial charge in [0.2, 0.25) is 5.91 Å². The highest BCUT2D eigenvalue weighted by Crippen LogP contribution is 2.20. The molecule has 6 nitrogen and oxygen atoms in total. The van der Waals surface area contributed by atoms with Crippen LogP contribution in [0, 0.1) is 0 Å². The molecule has 148 valence electrons. The fourth-order valence-corrected chi connectivity index (χ4v) is 3.64. The van der Waals surface area contributed by atoms with Crippen molar-refractivity contribution in [2.75, 3.05) is 18.2 Å². The first-order chi connectivity index (χ1) is 13.2. The summed E-state index contributed by atoms with van der Waals surface area (Å²) in [5.41, 5.74) is 0.756. The molecule has 0 aliphatic heterocycles.